The summed E-state index contributed by atoms with van der Waals surface area (Å²) >= 11 is 0. The van der Waals surface area contributed by atoms with Gasteiger partial charge in [0.1, 0.15) is 17.8 Å². The lowest BCUT2D eigenvalue weighted by Gasteiger charge is -2.11. The van der Waals surface area contributed by atoms with Crippen molar-refractivity contribution in [1.82, 2.24) is 4.90 Å². The van der Waals surface area contributed by atoms with Crippen molar-refractivity contribution in [1.29, 1.82) is 0 Å². The third-order valence-electron chi connectivity index (χ3n) is 3.09. The van der Waals surface area contributed by atoms with Crippen LogP contribution in [-0.2, 0) is 11.3 Å². The largest absolute Gasteiger partial charge is 0.484 e. The van der Waals surface area contributed by atoms with Gasteiger partial charge in [0.25, 0.3) is 11.8 Å². The van der Waals surface area contributed by atoms with Crippen LogP contribution in [0.15, 0.2) is 41.0 Å². The van der Waals surface area contributed by atoms with Gasteiger partial charge in [0.15, 0.2) is 6.61 Å². The molecule has 2 amide bonds. The van der Waals surface area contributed by atoms with E-state index in [0.717, 1.165) is 0 Å². The van der Waals surface area contributed by atoms with E-state index in [1.165, 1.54) is 11.2 Å². The number of furan rings is 1. The fourth-order valence-electron chi connectivity index (χ4n) is 1.72. The van der Waals surface area contributed by atoms with Gasteiger partial charge in [-0.3, -0.25) is 9.59 Å². The standard InChI is InChI=1S/C16H19N3O4/c1-19(2)15(20)10-23-13-5-3-12(4-6-13)18-16(21)11-7-14(8-17)22-9-11/h3-7,9H,8,10,17H2,1-2H3,(H,18,21). The van der Waals surface area contributed by atoms with Crippen LogP contribution in [0.5, 0.6) is 5.75 Å². The highest BCUT2D eigenvalue weighted by Crippen LogP contribution is 2.17. The Labute approximate surface area is 134 Å². The van der Waals surface area contributed by atoms with Crippen molar-refractivity contribution in [2.75, 3.05) is 26.0 Å². The normalized spacial score (nSPS) is 10.2. The van der Waals surface area contributed by atoms with Gasteiger partial charge in [-0.1, -0.05) is 0 Å². The second-order valence-corrected chi connectivity index (χ2v) is 5.06. The van der Waals surface area contributed by atoms with Crippen LogP contribution in [0.3, 0.4) is 0 Å². The average Bonchev–Trinajstić information content (AvgIpc) is 3.03. The first-order valence-corrected chi connectivity index (χ1v) is 7.01. The van der Waals surface area contributed by atoms with E-state index >= 15 is 0 Å². The van der Waals surface area contributed by atoms with Crippen LogP contribution in [0.1, 0.15) is 16.1 Å². The number of nitrogens with one attached hydrogen (secondary N) is 1. The van der Waals surface area contributed by atoms with Gasteiger partial charge in [0.05, 0.1) is 12.1 Å². The van der Waals surface area contributed by atoms with E-state index in [1.807, 2.05) is 0 Å². The molecule has 0 fully saturated rings. The molecule has 3 N–H and O–H groups in total. The zero-order valence-electron chi connectivity index (χ0n) is 13.0. The summed E-state index contributed by atoms with van der Waals surface area (Å²) in [5, 5.41) is 2.74. The number of anilines is 1. The van der Waals surface area contributed by atoms with Crippen LogP contribution >= 0.6 is 0 Å². The van der Waals surface area contributed by atoms with E-state index in [9.17, 15) is 9.59 Å². The lowest BCUT2D eigenvalue weighted by Crippen LogP contribution is -2.27. The molecule has 1 heterocycles. The summed E-state index contributed by atoms with van der Waals surface area (Å²) in [4.78, 5) is 24.9. The third-order valence-corrected chi connectivity index (χ3v) is 3.09. The maximum absolute atomic E-state index is 12.0. The van der Waals surface area contributed by atoms with E-state index in [2.05, 4.69) is 5.32 Å². The van der Waals surface area contributed by atoms with Crippen LogP contribution in [0.2, 0.25) is 0 Å². The van der Waals surface area contributed by atoms with Gasteiger partial charge in [-0.15, -0.1) is 0 Å². The molecule has 0 bridgehead atoms. The maximum atomic E-state index is 12.0. The molecular formula is C16H19N3O4. The maximum Gasteiger partial charge on any atom is 0.259 e. The number of amides is 2. The number of rotatable bonds is 6. The van der Waals surface area contributed by atoms with Crippen LogP contribution in [0, 0.1) is 0 Å². The quantitative estimate of drug-likeness (QED) is 0.840. The Balaban J connectivity index is 1.91. The predicted octanol–water partition coefficient (Wildman–Crippen LogP) is 1.46. The molecule has 0 radical (unpaired) electrons. The molecule has 122 valence electrons. The summed E-state index contributed by atoms with van der Waals surface area (Å²) < 4.78 is 10.5. The molecule has 23 heavy (non-hydrogen) atoms. The number of carbonyl (C=O) groups excluding carboxylic acids is 2. The number of hydrogen-bond donors (Lipinski definition) is 2. The van der Waals surface area contributed by atoms with Crippen molar-refractivity contribution in [2.45, 2.75) is 6.54 Å². The number of benzene rings is 1. The van der Waals surface area contributed by atoms with Crippen LogP contribution in [0.25, 0.3) is 0 Å². The minimum absolute atomic E-state index is 0.0322. The molecule has 0 saturated carbocycles. The molecule has 2 rings (SSSR count). The summed E-state index contributed by atoms with van der Waals surface area (Å²) in [6.45, 7) is 0.209. The Morgan fingerprint density at radius 3 is 2.52 bits per heavy atom. The zero-order chi connectivity index (χ0) is 16.8. The molecule has 1 aromatic carbocycles. The highest BCUT2D eigenvalue weighted by atomic mass is 16.5. The molecule has 7 heteroatoms. The summed E-state index contributed by atoms with van der Waals surface area (Å²) in [5.74, 6) is 0.680. The molecule has 0 unspecified atom stereocenters. The number of carbonyl (C=O) groups is 2. The van der Waals surface area contributed by atoms with E-state index in [4.69, 9.17) is 14.9 Å². The predicted molar refractivity (Wildman–Crippen MR) is 85.2 cm³/mol. The van der Waals surface area contributed by atoms with E-state index in [0.29, 0.717) is 22.8 Å². The van der Waals surface area contributed by atoms with E-state index < -0.39 is 0 Å². The molecule has 0 aliphatic heterocycles. The number of nitrogens with two attached hydrogens (primary N) is 1. The van der Waals surface area contributed by atoms with Crippen LogP contribution in [0.4, 0.5) is 5.69 Å². The molecule has 0 atom stereocenters. The number of nitrogens with zero attached hydrogens (tertiary/aromatic N) is 1. The molecule has 0 saturated heterocycles. The van der Waals surface area contributed by atoms with Crippen molar-refractivity contribution in [3.63, 3.8) is 0 Å². The first kappa shape index (κ1) is 16.6. The van der Waals surface area contributed by atoms with Gasteiger partial charge in [-0.2, -0.15) is 0 Å². The minimum atomic E-state index is -0.287. The Bertz CT molecular complexity index is 677. The SMILES string of the molecule is CN(C)C(=O)COc1ccc(NC(=O)c2coc(CN)c2)cc1. The molecule has 2 aromatic rings. The van der Waals surface area contributed by atoms with Gasteiger partial charge in [0.2, 0.25) is 0 Å². The molecule has 1 aromatic heterocycles. The van der Waals surface area contributed by atoms with Gasteiger partial charge in [-0.25, -0.2) is 0 Å². The van der Waals surface area contributed by atoms with Gasteiger partial charge in [0, 0.05) is 19.8 Å². The summed E-state index contributed by atoms with van der Waals surface area (Å²) in [6, 6.07) is 8.34. The number of likely N-dealkylation sites (N-methyl/N-ethyl adjacent to an activating group) is 1. The zero-order valence-corrected chi connectivity index (χ0v) is 13.0. The summed E-state index contributed by atoms with van der Waals surface area (Å²) in [5.41, 5.74) is 6.45. The Kier molecular flexibility index (Phi) is 5.37. The molecule has 7 nitrogen and oxygen atoms in total. The topological polar surface area (TPSA) is 97.8 Å². The van der Waals surface area contributed by atoms with Gasteiger partial charge >= 0.3 is 0 Å². The van der Waals surface area contributed by atoms with Crippen molar-refractivity contribution in [2.24, 2.45) is 5.73 Å². The molecule has 0 aliphatic carbocycles. The fourth-order valence-corrected chi connectivity index (χ4v) is 1.72. The Hall–Kier alpha value is -2.80. The Morgan fingerprint density at radius 1 is 1.26 bits per heavy atom. The second-order valence-electron chi connectivity index (χ2n) is 5.06. The average molecular weight is 317 g/mol. The number of hydrogen-bond acceptors (Lipinski definition) is 5. The van der Waals surface area contributed by atoms with E-state index in [1.54, 1.807) is 44.4 Å². The highest BCUT2D eigenvalue weighted by Gasteiger charge is 2.10. The second kappa shape index (κ2) is 7.46. The van der Waals surface area contributed by atoms with Gasteiger partial charge in [-0.05, 0) is 30.3 Å². The first-order valence-electron chi connectivity index (χ1n) is 7.01. The van der Waals surface area contributed by atoms with Crippen LogP contribution < -0.4 is 15.8 Å². The fraction of sp³-hybridized carbons (Fsp3) is 0.250. The molecular weight excluding hydrogens is 298 g/mol. The van der Waals surface area contributed by atoms with Crippen molar-refractivity contribution in [3.05, 3.63) is 47.9 Å². The van der Waals surface area contributed by atoms with E-state index in [-0.39, 0.29) is 25.0 Å². The molecule has 0 spiro atoms. The monoisotopic (exact) mass is 317 g/mol. The minimum Gasteiger partial charge on any atom is -0.484 e. The highest BCUT2D eigenvalue weighted by molar-refractivity contribution is 6.04. The third kappa shape index (κ3) is 4.58. The van der Waals surface area contributed by atoms with Crippen molar-refractivity contribution in [3.8, 4) is 5.75 Å². The molecule has 0 aliphatic rings. The van der Waals surface area contributed by atoms with Crippen molar-refractivity contribution < 1.29 is 18.7 Å². The summed E-state index contributed by atoms with van der Waals surface area (Å²) in [7, 11) is 3.33. The number of ether oxygens (including phenoxy) is 1. The Morgan fingerprint density at radius 2 is 1.96 bits per heavy atom. The van der Waals surface area contributed by atoms with Crippen molar-refractivity contribution >= 4 is 17.5 Å². The first-order chi connectivity index (χ1) is 11.0. The van der Waals surface area contributed by atoms with Crippen LogP contribution in [-0.4, -0.2) is 37.4 Å². The summed E-state index contributed by atoms with van der Waals surface area (Å²) in [6.07, 6.45) is 1.36. The smallest absolute Gasteiger partial charge is 0.259 e. The lowest BCUT2D eigenvalue weighted by atomic mass is 10.2. The van der Waals surface area contributed by atoms with Gasteiger partial charge < -0.3 is 25.1 Å². The lowest BCUT2D eigenvalue weighted by molar-refractivity contribution is -0.130.